The monoisotopic (exact) mass is 577 g/mol. The molecule has 33 heavy (non-hydrogen) atoms. The first kappa shape index (κ1) is 26.4. The van der Waals surface area contributed by atoms with Crippen molar-refractivity contribution >= 4 is 35.8 Å². The largest absolute Gasteiger partial charge is 0.454 e. The fourth-order valence-electron chi connectivity index (χ4n) is 2.96. The predicted octanol–water partition coefficient (Wildman–Crippen LogP) is 2.40. The number of nitrogens with zero attached hydrogens (tertiary/aromatic N) is 3. The Morgan fingerprint density at radius 3 is 2.70 bits per heavy atom. The third kappa shape index (κ3) is 7.87. The van der Waals surface area contributed by atoms with Crippen molar-refractivity contribution in [1.82, 2.24) is 20.5 Å². The van der Waals surface area contributed by atoms with Crippen LogP contribution in [0.3, 0.4) is 0 Å². The average Bonchev–Trinajstić information content (AvgIpc) is 3.24. The Bertz CT molecular complexity index is 950. The molecule has 9 nitrogen and oxygen atoms in total. The Balaban J connectivity index is 0.00000385. The maximum Gasteiger partial charge on any atom is 0.387 e. The lowest BCUT2D eigenvalue weighted by molar-refractivity contribution is -0.128. The second-order valence-electron chi connectivity index (χ2n) is 6.86. The first-order valence-electron chi connectivity index (χ1n) is 9.92. The summed E-state index contributed by atoms with van der Waals surface area (Å²) in [6.07, 6.45) is 2.36. The van der Waals surface area contributed by atoms with Crippen molar-refractivity contribution in [3.8, 4) is 17.2 Å². The maximum absolute atomic E-state index is 12.8. The molecule has 0 bridgehead atoms. The fraction of sp³-hybridized carbons (Fsp3) is 0.381. The van der Waals surface area contributed by atoms with Crippen molar-refractivity contribution in [2.45, 2.75) is 19.6 Å². The van der Waals surface area contributed by atoms with Gasteiger partial charge in [-0.05, 0) is 18.2 Å². The first-order valence-corrected chi connectivity index (χ1v) is 9.92. The van der Waals surface area contributed by atoms with Crippen LogP contribution in [0.5, 0.6) is 17.2 Å². The number of nitrogens with one attached hydrogen (secondary N) is 2. The molecule has 0 saturated carbocycles. The topological polar surface area (TPSA) is 97.3 Å². The summed E-state index contributed by atoms with van der Waals surface area (Å²) in [5.74, 6) is 0.950. The van der Waals surface area contributed by atoms with E-state index in [1.807, 2.05) is 18.2 Å². The van der Waals surface area contributed by atoms with Gasteiger partial charge in [0.15, 0.2) is 17.5 Å². The third-order valence-electron chi connectivity index (χ3n) is 4.70. The van der Waals surface area contributed by atoms with Gasteiger partial charge in [-0.2, -0.15) is 8.78 Å². The number of rotatable bonds is 9. The van der Waals surface area contributed by atoms with Crippen LogP contribution in [0.1, 0.15) is 11.3 Å². The molecule has 180 valence electrons. The minimum absolute atomic E-state index is 0. The van der Waals surface area contributed by atoms with Gasteiger partial charge >= 0.3 is 6.61 Å². The number of alkyl halides is 2. The van der Waals surface area contributed by atoms with Crippen molar-refractivity contribution < 1.29 is 27.8 Å². The van der Waals surface area contributed by atoms with E-state index in [0.29, 0.717) is 36.0 Å². The summed E-state index contributed by atoms with van der Waals surface area (Å²) in [6.45, 7) is -2.32. The molecule has 1 aromatic carbocycles. The molecule has 3 rings (SSSR count). The molecule has 2 aromatic rings. The van der Waals surface area contributed by atoms with Crippen LogP contribution < -0.4 is 24.8 Å². The van der Waals surface area contributed by atoms with Gasteiger partial charge in [-0.1, -0.05) is 6.07 Å². The lowest BCUT2D eigenvalue weighted by Gasteiger charge is -2.19. The van der Waals surface area contributed by atoms with Crippen LogP contribution in [0.25, 0.3) is 0 Å². The normalized spacial score (nSPS) is 12.2. The van der Waals surface area contributed by atoms with Gasteiger partial charge in [0, 0.05) is 57.1 Å². The molecule has 0 atom stereocenters. The summed E-state index contributed by atoms with van der Waals surface area (Å²) in [6, 6.07) is 8.58. The smallest absolute Gasteiger partial charge is 0.387 e. The first-order chi connectivity index (χ1) is 15.5. The Hall–Kier alpha value is -2.90. The molecule has 0 fully saturated rings. The lowest BCUT2D eigenvalue weighted by Crippen LogP contribution is -2.43. The number of fused-ring (bicyclic) bond motifs is 1. The molecule has 1 aromatic heterocycles. The number of benzene rings is 1. The number of pyridine rings is 1. The summed E-state index contributed by atoms with van der Waals surface area (Å²) >= 11 is 0. The Labute approximate surface area is 207 Å². The van der Waals surface area contributed by atoms with Crippen molar-refractivity contribution in [2.24, 2.45) is 4.99 Å². The van der Waals surface area contributed by atoms with E-state index in [9.17, 15) is 13.6 Å². The van der Waals surface area contributed by atoms with E-state index in [1.54, 1.807) is 31.3 Å². The number of hydrogen-bond acceptors (Lipinski definition) is 6. The van der Waals surface area contributed by atoms with Crippen LogP contribution in [-0.2, 0) is 17.8 Å². The molecule has 1 aliphatic heterocycles. The van der Waals surface area contributed by atoms with E-state index >= 15 is 0 Å². The average molecular weight is 577 g/mol. The Kier molecular flexibility index (Phi) is 10.4. The minimum Gasteiger partial charge on any atom is -0.454 e. The molecule has 2 N–H and O–H groups in total. The van der Waals surface area contributed by atoms with Crippen LogP contribution in [0.4, 0.5) is 8.78 Å². The number of carbonyl (C=O) groups excluding carboxylic acids is 1. The number of aliphatic imine (C=N–C) groups is 1. The van der Waals surface area contributed by atoms with Crippen LogP contribution in [-0.4, -0.2) is 62.3 Å². The zero-order chi connectivity index (χ0) is 22.9. The highest BCUT2D eigenvalue weighted by atomic mass is 127. The van der Waals surface area contributed by atoms with Crippen molar-refractivity contribution in [3.05, 3.63) is 47.8 Å². The van der Waals surface area contributed by atoms with Crippen molar-refractivity contribution in [3.63, 3.8) is 0 Å². The molecule has 2 heterocycles. The molecular formula is C21H26F2IN5O4. The zero-order valence-electron chi connectivity index (χ0n) is 18.2. The van der Waals surface area contributed by atoms with Gasteiger partial charge in [-0.25, -0.2) is 0 Å². The number of hydrogen-bond donors (Lipinski definition) is 2. The van der Waals surface area contributed by atoms with Gasteiger partial charge < -0.3 is 29.7 Å². The van der Waals surface area contributed by atoms with Crippen LogP contribution >= 0.6 is 24.0 Å². The minimum atomic E-state index is -2.98. The molecule has 0 aliphatic carbocycles. The number of halogens is 3. The summed E-state index contributed by atoms with van der Waals surface area (Å²) < 4.78 is 40.7. The Morgan fingerprint density at radius 1 is 1.27 bits per heavy atom. The van der Waals surface area contributed by atoms with Gasteiger partial charge in [-0.15, -0.1) is 24.0 Å². The highest BCUT2D eigenvalue weighted by Gasteiger charge is 2.20. The zero-order valence-corrected chi connectivity index (χ0v) is 20.5. The number of aromatic nitrogens is 1. The van der Waals surface area contributed by atoms with E-state index in [-0.39, 0.29) is 55.5 Å². The molecule has 1 aliphatic rings. The van der Waals surface area contributed by atoms with Gasteiger partial charge in [0.25, 0.3) is 0 Å². The second-order valence-corrected chi connectivity index (χ2v) is 6.86. The Morgan fingerprint density at radius 2 is 2.03 bits per heavy atom. The molecule has 0 unspecified atom stereocenters. The lowest BCUT2D eigenvalue weighted by atomic mass is 10.1. The number of amides is 1. The second kappa shape index (κ2) is 13.0. The summed E-state index contributed by atoms with van der Waals surface area (Å²) in [5.41, 5.74) is 1.33. The van der Waals surface area contributed by atoms with Gasteiger partial charge in [-0.3, -0.25) is 14.8 Å². The van der Waals surface area contributed by atoms with Crippen LogP contribution in [0, 0.1) is 0 Å². The van der Waals surface area contributed by atoms with E-state index in [4.69, 9.17) is 9.47 Å². The maximum atomic E-state index is 12.8. The molecule has 0 spiro atoms. The molecule has 1 amide bonds. The molecule has 12 heteroatoms. The summed E-state index contributed by atoms with van der Waals surface area (Å²) in [4.78, 5) is 22.3. The predicted molar refractivity (Wildman–Crippen MR) is 128 cm³/mol. The molecule has 0 radical (unpaired) electrons. The van der Waals surface area contributed by atoms with E-state index in [2.05, 4.69) is 25.3 Å². The number of guanidine groups is 1. The van der Waals surface area contributed by atoms with Gasteiger partial charge in [0.2, 0.25) is 12.7 Å². The fourth-order valence-corrected chi connectivity index (χ4v) is 2.96. The van der Waals surface area contributed by atoms with Crippen molar-refractivity contribution in [2.75, 3.05) is 34.0 Å². The standard InChI is InChI=1S/C21H25F2N5O4.HI/c1-24-21(27-12-19(29)28(2)8-6-15-5-3-4-7-25-15)26-11-14-9-17-18(31-13-30-17)10-16(14)32-20(22)23;/h3-5,7,9-10,20H,6,8,11-13H2,1-2H3,(H2,24,26,27);1H. The van der Waals surface area contributed by atoms with E-state index in [0.717, 1.165) is 5.69 Å². The quantitative estimate of drug-likeness (QED) is 0.269. The third-order valence-corrected chi connectivity index (χ3v) is 4.70. The van der Waals surface area contributed by atoms with E-state index < -0.39 is 6.61 Å². The SMILES string of the molecule is CN=C(NCC(=O)N(C)CCc1ccccn1)NCc1cc2c(cc1OC(F)F)OCO2.I. The van der Waals surface area contributed by atoms with Gasteiger partial charge in [0.05, 0.1) is 6.54 Å². The molecular weight excluding hydrogens is 551 g/mol. The van der Waals surface area contributed by atoms with Crippen molar-refractivity contribution in [1.29, 1.82) is 0 Å². The number of carbonyl (C=O) groups is 1. The molecule has 0 saturated heterocycles. The number of likely N-dealkylation sites (N-methyl/N-ethyl adjacent to an activating group) is 1. The van der Waals surface area contributed by atoms with Crippen LogP contribution in [0.15, 0.2) is 41.5 Å². The highest BCUT2D eigenvalue weighted by Crippen LogP contribution is 2.38. The van der Waals surface area contributed by atoms with E-state index in [1.165, 1.54) is 6.07 Å². The highest BCUT2D eigenvalue weighted by molar-refractivity contribution is 14.0. The summed E-state index contributed by atoms with van der Waals surface area (Å²) in [7, 11) is 3.25. The van der Waals surface area contributed by atoms with Crippen LogP contribution in [0.2, 0.25) is 0 Å². The summed E-state index contributed by atoms with van der Waals surface area (Å²) in [5, 5.41) is 5.90. The number of ether oxygens (including phenoxy) is 3. The van der Waals surface area contributed by atoms with Gasteiger partial charge in [0.1, 0.15) is 5.75 Å².